The van der Waals surface area contributed by atoms with Gasteiger partial charge in [0.25, 0.3) is 0 Å². The van der Waals surface area contributed by atoms with E-state index in [9.17, 15) is 18.0 Å². The molecule has 11 nitrogen and oxygen atoms in total. The number of aromatic nitrogens is 2. The molecule has 0 unspecified atom stereocenters. The molecule has 27 heavy (non-hydrogen) atoms. The van der Waals surface area contributed by atoms with Crippen molar-refractivity contribution < 1.29 is 22.6 Å². The van der Waals surface area contributed by atoms with Crippen molar-refractivity contribution in [2.75, 3.05) is 31.7 Å². The molecular formula is C13H17BFN7O4S. The Morgan fingerprint density at radius 2 is 2.15 bits per heavy atom. The van der Waals surface area contributed by atoms with E-state index >= 15 is 0 Å². The lowest BCUT2D eigenvalue weighted by Crippen LogP contribution is -2.39. The van der Waals surface area contributed by atoms with Crippen LogP contribution in [0.5, 0.6) is 0 Å². The third-order valence-electron chi connectivity index (χ3n) is 3.02. The second-order valence-electron chi connectivity index (χ2n) is 5.47. The van der Waals surface area contributed by atoms with E-state index < -0.39 is 15.8 Å². The molecule has 144 valence electrons. The molecule has 1 aromatic heterocycles. The first-order valence-electron chi connectivity index (χ1n) is 7.50. The van der Waals surface area contributed by atoms with Gasteiger partial charge in [0.15, 0.2) is 11.5 Å². The first-order chi connectivity index (χ1) is 12.7. The standard InChI is InChI=1S/C13H17BFN7O4S/c1-22(2)21-27(24,25)6-5-16-12-11(19-26-20-12)13(18-23)17-8-3-4-10(15)9(14)7-8/h3-4,7,21,23H,5-6H2,1-2H3,(H,16,20)(H,17,18). The van der Waals surface area contributed by atoms with Crippen LogP contribution in [0.25, 0.3) is 0 Å². The van der Waals surface area contributed by atoms with Crippen LogP contribution < -0.4 is 21.1 Å². The molecule has 1 aromatic carbocycles. The third kappa shape index (κ3) is 5.99. The molecule has 2 rings (SSSR count). The monoisotopic (exact) mass is 397 g/mol. The van der Waals surface area contributed by atoms with E-state index in [1.54, 1.807) is 14.1 Å². The molecule has 0 bridgehead atoms. The van der Waals surface area contributed by atoms with E-state index in [-0.39, 0.29) is 40.8 Å². The summed E-state index contributed by atoms with van der Waals surface area (Å²) in [6.07, 6.45) is 0. The highest BCUT2D eigenvalue weighted by molar-refractivity contribution is 7.89. The maximum atomic E-state index is 13.2. The number of benzene rings is 1. The van der Waals surface area contributed by atoms with E-state index in [2.05, 4.69) is 30.1 Å². The van der Waals surface area contributed by atoms with Gasteiger partial charge in [-0.1, -0.05) is 5.46 Å². The Morgan fingerprint density at radius 1 is 1.41 bits per heavy atom. The molecule has 2 radical (unpaired) electrons. The summed E-state index contributed by atoms with van der Waals surface area (Å²) in [5.74, 6) is -0.986. The Morgan fingerprint density at radius 3 is 2.78 bits per heavy atom. The quantitative estimate of drug-likeness (QED) is 0.188. The normalized spacial score (nSPS) is 12.4. The van der Waals surface area contributed by atoms with Crippen LogP contribution in [0.15, 0.2) is 27.8 Å². The lowest BCUT2D eigenvalue weighted by molar-refractivity contribution is 0.234. The molecule has 0 aliphatic rings. The summed E-state index contributed by atoms with van der Waals surface area (Å²) in [5.41, 5.74) is 1.93. The van der Waals surface area contributed by atoms with E-state index in [1.807, 2.05) is 5.48 Å². The largest absolute Gasteiger partial charge is 0.364 e. The van der Waals surface area contributed by atoms with Crippen LogP contribution in [0.2, 0.25) is 0 Å². The Bertz CT molecular complexity index is 919. The van der Waals surface area contributed by atoms with Crippen molar-refractivity contribution in [3.8, 4) is 0 Å². The highest BCUT2D eigenvalue weighted by Crippen LogP contribution is 2.15. The number of halogens is 1. The van der Waals surface area contributed by atoms with Crippen molar-refractivity contribution in [3.63, 3.8) is 0 Å². The SMILES string of the molecule is [B]c1cc(N=C(NO)c2nonc2NCCS(=O)(=O)NN(C)C)ccc1F. The van der Waals surface area contributed by atoms with Gasteiger partial charge in [0, 0.05) is 20.6 Å². The van der Waals surface area contributed by atoms with Gasteiger partial charge >= 0.3 is 0 Å². The van der Waals surface area contributed by atoms with Gasteiger partial charge < -0.3 is 5.32 Å². The average Bonchev–Trinajstić information content (AvgIpc) is 3.02. The maximum absolute atomic E-state index is 13.2. The van der Waals surface area contributed by atoms with Crippen LogP contribution in [0.3, 0.4) is 0 Å². The van der Waals surface area contributed by atoms with Crippen molar-refractivity contribution in [1.29, 1.82) is 0 Å². The van der Waals surface area contributed by atoms with Gasteiger partial charge in [-0.05, 0) is 28.5 Å². The minimum atomic E-state index is -3.54. The number of sulfonamides is 1. The zero-order valence-corrected chi connectivity index (χ0v) is 15.3. The summed E-state index contributed by atoms with van der Waals surface area (Å²) in [7, 11) is 5.02. The number of aliphatic imine (C=N–C) groups is 1. The first-order valence-corrected chi connectivity index (χ1v) is 9.15. The molecule has 0 aliphatic carbocycles. The van der Waals surface area contributed by atoms with Gasteiger partial charge in [0.2, 0.25) is 15.8 Å². The Labute approximate surface area is 156 Å². The Kier molecular flexibility index (Phi) is 6.84. The predicted octanol–water partition coefficient (Wildman–Crippen LogP) is -1.13. The fraction of sp³-hybridized carbons (Fsp3) is 0.308. The Hall–Kier alpha value is -2.55. The molecule has 14 heteroatoms. The molecule has 0 saturated carbocycles. The zero-order chi connectivity index (χ0) is 20.0. The summed E-state index contributed by atoms with van der Waals surface area (Å²) in [4.78, 5) is 6.33. The third-order valence-corrected chi connectivity index (χ3v) is 4.41. The van der Waals surface area contributed by atoms with Crippen LogP contribution in [0.4, 0.5) is 15.9 Å². The molecule has 0 spiro atoms. The van der Waals surface area contributed by atoms with Gasteiger partial charge in [0.1, 0.15) is 13.7 Å². The number of hydrogen-bond acceptors (Lipinski definition) is 9. The second kappa shape index (κ2) is 8.90. The van der Waals surface area contributed by atoms with E-state index in [0.29, 0.717) is 0 Å². The molecule has 0 saturated heterocycles. The molecular weight excluding hydrogens is 380 g/mol. The van der Waals surface area contributed by atoms with Crippen LogP contribution in [0.1, 0.15) is 5.69 Å². The van der Waals surface area contributed by atoms with Crippen molar-refractivity contribution in [2.45, 2.75) is 0 Å². The lowest BCUT2D eigenvalue weighted by atomic mass is 9.95. The summed E-state index contributed by atoms with van der Waals surface area (Å²) in [5, 5.41) is 20.6. The number of amidine groups is 1. The van der Waals surface area contributed by atoms with E-state index in [0.717, 1.165) is 6.07 Å². The second-order valence-corrected chi connectivity index (χ2v) is 7.29. The Balaban J connectivity index is 2.13. The molecule has 0 amide bonds. The predicted molar refractivity (Wildman–Crippen MR) is 96.3 cm³/mol. The fourth-order valence-corrected chi connectivity index (χ4v) is 2.97. The van der Waals surface area contributed by atoms with Crippen LogP contribution >= 0.6 is 0 Å². The summed E-state index contributed by atoms with van der Waals surface area (Å²) in [6, 6.07) is 3.71. The number of hydrogen-bond donors (Lipinski definition) is 4. The van der Waals surface area contributed by atoms with Gasteiger partial charge in [-0.2, -0.15) is 0 Å². The molecule has 0 atom stereocenters. The van der Waals surface area contributed by atoms with Crippen LogP contribution in [-0.2, 0) is 10.0 Å². The zero-order valence-electron chi connectivity index (χ0n) is 14.5. The molecule has 0 fully saturated rings. The number of rotatable bonds is 8. The van der Waals surface area contributed by atoms with Crippen molar-refractivity contribution >= 4 is 40.7 Å². The molecule has 1 heterocycles. The summed E-state index contributed by atoms with van der Waals surface area (Å²) in [6.45, 7) is -0.0212. The number of anilines is 1. The van der Waals surface area contributed by atoms with E-state index in [4.69, 9.17) is 7.85 Å². The van der Waals surface area contributed by atoms with Crippen molar-refractivity contribution in [3.05, 3.63) is 29.7 Å². The first kappa shape index (κ1) is 20.8. The number of nitrogens with one attached hydrogen (secondary N) is 3. The van der Waals surface area contributed by atoms with Crippen LogP contribution in [-0.4, -0.2) is 69.0 Å². The fourth-order valence-electron chi connectivity index (χ4n) is 1.95. The van der Waals surface area contributed by atoms with Crippen LogP contribution in [0, 0.1) is 5.82 Å². The number of hydrazine groups is 1. The molecule has 4 N–H and O–H groups in total. The smallest absolute Gasteiger partial charge is 0.226 e. The number of nitrogens with zero attached hydrogens (tertiary/aromatic N) is 4. The average molecular weight is 397 g/mol. The minimum Gasteiger partial charge on any atom is -0.364 e. The van der Waals surface area contributed by atoms with E-state index in [1.165, 1.54) is 17.1 Å². The van der Waals surface area contributed by atoms with Crippen molar-refractivity contribution in [2.24, 2.45) is 4.99 Å². The highest BCUT2D eigenvalue weighted by atomic mass is 32.2. The maximum Gasteiger partial charge on any atom is 0.226 e. The lowest BCUT2D eigenvalue weighted by Gasteiger charge is -2.12. The van der Waals surface area contributed by atoms with Gasteiger partial charge in [-0.15, -0.1) is 4.83 Å². The van der Waals surface area contributed by atoms with Gasteiger partial charge in [-0.25, -0.2) is 27.4 Å². The molecule has 0 aliphatic heterocycles. The number of hydroxylamine groups is 1. The minimum absolute atomic E-state index is 0.0154. The summed E-state index contributed by atoms with van der Waals surface area (Å²) >= 11 is 0. The van der Waals surface area contributed by atoms with Crippen molar-refractivity contribution in [1.82, 2.24) is 25.6 Å². The molecule has 2 aromatic rings. The van der Waals surface area contributed by atoms with Gasteiger partial charge in [-0.3, -0.25) is 10.7 Å². The topological polar surface area (TPSA) is 145 Å². The van der Waals surface area contributed by atoms with Gasteiger partial charge in [0.05, 0.1) is 11.4 Å². The highest BCUT2D eigenvalue weighted by Gasteiger charge is 2.18. The summed E-state index contributed by atoms with van der Waals surface area (Å²) < 4.78 is 41.4.